The lowest BCUT2D eigenvalue weighted by molar-refractivity contribution is -0.115. The van der Waals surface area contributed by atoms with E-state index in [1.807, 2.05) is 0 Å². The van der Waals surface area contributed by atoms with E-state index < -0.39 is 0 Å². The molecule has 15 heavy (non-hydrogen) atoms. The highest BCUT2D eigenvalue weighted by Crippen LogP contribution is 2.23. The van der Waals surface area contributed by atoms with E-state index in [0.717, 1.165) is 25.0 Å². The van der Waals surface area contributed by atoms with Crippen LogP contribution in [0.25, 0.3) is 0 Å². The monoisotopic (exact) mass is 205 g/mol. The molecule has 2 rings (SSSR count). The Morgan fingerprint density at radius 1 is 1.53 bits per heavy atom. The molecule has 0 saturated carbocycles. The summed E-state index contributed by atoms with van der Waals surface area (Å²) in [7, 11) is 1.58. The van der Waals surface area contributed by atoms with E-state index in [0.29, 0.717) is 11.7 Å². The van der Waals surface area contributed by atoms with Crippen molar-refractivity contribution in [2.75, 3.05) is 7.11 Å². The molecule has 1 N–H and O–H groups in total. The molecule has 0 saturated heterocycles. The fourth-order valence-corrected chi connectivity index (χ4v) is 1.92. The SMILES string of the molecule is COC1=CC(=O)N/C1=C\C1CC=CCC1. The number of nitrogens with one attached hydrogen (secondary N) is 1. The number of methoxy groups -OCH3 is 1. The number of amides is 1. The first-order valence-corrected chi connectivity index (χ1v) is 5.23. The van der Waals surface area contributed by atoms with Gasteiger partial charge in [0.15, 0.2) is 0 Å². The first kappa shape index (κ1) is 10.0. The van der Waals surface area contributed by atoms with Crippen molar-refractivity contribution in [2.24, 2.45) is 5.92 Å². The maximum atomic E-state index is 11.1. The molecule has 0 aromatic heterocycles. The fraction of sp³-hybridized carbons (Fsp3) is 0.417. The van der Waals surface area contributed by atoms with Crippen LogP contribution in [0.3, 0.4) is 0 Å². The van der Waals surface area contributed by atoms with Gasteiger partial charge in [-0.2, -0.15) is 0 Å². The number of carbonyl (C=O) groups excluding carboxylic acids is 1. The lowest BCUT2D eigenvalue weighted by Gasteiger charge is -2.15. The van der Waals surface area contributed by atoms with Crippen LogP contribution in [-0.2, 0) is 9.53 Å². The van der Waals surface area contributed by atoms with Crippen molar-refractivity contribution in [1.29, 1.82) is 0 Å². The minimum atomic E-state index is -0.0931. The number of allylic oxidation sites excluding steroid dienone is 3. The number of carbonyl (C=O) groups is 1. The van der Waals surface area contributed by atoms with Crippen LogP contribution >= 0.6 is 0 Å². The Morgan fingerprint density at radius 3 is 3.07 bits per heavy atom. The smallest absolute Gasteiger partial charge is 0.252 e. The van der Waals surface area contributed by atoms with E-state index in [-0.39, 0.29) is 5.91 Å². The van der Waals surface area contributed by atoms with E-state index in [2.05, 4.69) is 23.5 Å². The molecule has 2 aliphatic rings. The topological polar surface area (TPSA) is 38.3 Å². The molecular formula is C12H15NO2. The summed E-state index contributed by atoms with van der Waals surface area (Å²) in [5.41, 5.74) is 0.822. The van der Waals surface area contributed by atoms with Crippen molar-refractivity contribution < 1.29 is 9.53 Å². The second-order valence-electron chi connectivity index (χ2n) is 3.83. The number of hydrogen-bond acceptors (Lipinski definition) is 2. The van der Waals surface area contributed by atoms with E-state index >= 15 is 0 Å². The van der Waals surface area contributed by atoms with Crippen molar-refractivity contribution in [3.05, 3.63) is 35.8 Å². The zero-order chi connectivity index (χ0) is 10.7. The molecule has 1 aliphatic heterocycles. The highest BCUT2D eigenvalue weighted by molar-refractivity contribution is 5.94. The van der Waals surface area contributed by atoms with Crippen LogP contribution in [-0.4, -0.2) is 13.0 Å². The number of hydrogen-bond donors (Lipinski definition) is 1. The zero-order valence-corrected chi connectivity index (χ0v) is 8.82. The molecule has 3 nitrogen and oxygen atoms in total. The van der Waals surface area contributed by atoms with Crippen LogP contribution in [0.1, 0.15) is 19.3 Å². The predicted molar refractivity (Wildman–Crippen MR) is 57.8 cm³/mol. The summed E-state index contributed by atoms with van der Waals surface area (Å²) in [6, 6.07) is 0. The third kappa shape index (κ3) is 2.29. The standard InChI is InChI=1S/C12H15NO2/c1-15-11-8-12(14)13-10(11)7-9-5-3-2-4-6-9/h2-3,7-9H,4-6H2,1H3,(H,13,14)/b10-7-. The van der Waals surface area contributed by atoms with E-state index in [4.69, 9.17) is 4.74 Å². The van der Waals surface area contributed by atoms with Crippen LogP contribution in [0.4, 0.5) is 0 Å². The van der Waals surface area contributed by atoms with Gasteiger partial charge >= 0.3 is 0 Å². The molecule has 0 radical (unpaired) electrons. The highest BCUT2D eigenvalue weighted by atomic mass is 16.5. The van der Waals surface area contributed by atoms with Gasteiger partial charge in [-0.05, 0) is 25.2 Å². The van der Waals surface area contributed by atoms with Crippen LogP contribution < -0.4 is 5.32 Å². The summed E-state index contributed by atoms with van der Waals surface area (Å²) in [5, 5.41) is 2.78. The largest absolute Gasteiger partial charge is 0.494 e. The minimum Gasteiger partial charge on any atom is -0.494 e. The third-order valence-corrected chi connectivity index (χ3v) is 2.72. The molecule has 1 amide bonds. The second kappa shape index (κ2) is 4.34. The Hall–Kier alpha value is -1.51. The molecule has 0 aromatic rings. The van der Waals surface area contributed by atoms with Gasteiger partial charge in [0.05, 0.1) is 12.8 Å². The van der Waals surface area contributed by atoms with Crippen LogP contribution in [0.2, 0.25) is 0 Å². The first-order valence-electron chi connectivity index (χ1n) is 5.23. The summed E-state index contributed by atoms with van der Waals surface area (Å²) >= 11 is 0. The average molecular weight is 205 g/mol. The first-order chi connectivity index (χ1) is 7.29. The molecule has 3 heteroatoms. The van der Waals surface area contributed by atoms with Gasteiger partial charge in [0.2, 0.25) is 0 Å². The van der Waals surface area contributed by atoms with Gasteiger partial charge < -0.3 is 10.1 Å². The Bertz CT molecular complexity index is 353. The Kier molecular flexibility index (Phi) is 2.90. The van der Waals surface area contributed by atoms with Crippen molar-refractivity contribution in [3.63, 3.8) is 0 Å². The van der Waals surface area contributed by atoms with Gasteiger partial charge in [-0.15, -0.1) is 0 Å². The van der Waals surface area contributed by atoms with Crippen molar-refractivity contribution in [2.45, 2.75) is 19.3 Å². The Morgan fingerprint density at radius 2 is 2.40 bits per heavy atom. The molecule has 0 spiro atoms. The maximum Gasteiger partial charge on any atom is 0.252 e. The van der Waals surface area contributed by atoms with E-state index in [1.54, 1.807) is 7.11 Å². The molecule has 1 aliphatic carbocycles. The minimum absolute atomic E-state index is 0.0931. The van der Waals surface area contributed by atoms with E-state index in [9.17, 15) is 4.79 Å². The Balaban J connectivity index is 2.10. The van der Waals surface area contributed by atoms with Gasteiger partial charge in [0.25, 0.3) is 5.91 Å². The maximum absolute atomic E-state index is 11.1. The summed E-state index contributed by atoms with van der Waals surface area (Å²) < 4.78 is 5.13. The Labute approximate surface area is 89.5 Å². The molecule has 1 unspecified atom stereocenters. The second-order valence-corrected chi connectivity index (χ2v) is 3.83. The van der Waals surface area contributed by atoms with E-state index in [1.165, 1.54) is 6.08 Å². The number of ether oxygens (including phenoxy) is 1. The summed E-state index contributed by atoms with van der Waals surface area (Å²) in [4.78, 5) is 11.1. The highest BCUT2D eigenvalue weighted by Gasteiger charge is 2.19. The lowest BCUT2D eigenvalue weighted by atomic mass is 9.93. The van der Waals surface area contributed by atoms with Crippen molar-refractivity contribution in [3.8, 4) is 0 Å². The lowest BCUT2D eigenvalue weighted by Crippen LogP contribution is -2.15. The number of rotatable bonds is 2. The zero-order valence-electron chi connectivity index (χ0n) is 8.82. The van der Waals surface area contributed by atoms with Gasteiger partial charge in [-0.1, -0.05) is 18.2 Å². The predicted octanol–water partition coefficient (Wildman–Crippen LogP) is 1.89. The van der Waals surface area contributed by atoms with Gasteiger partial charge in [0.1, 0.15) is 5.76 Å². The van der Waals surface area contributed by atoms with Crippen LogP contribution in [0.15, 0.2) is 35.8 Å². The molecule has 1 heterocycles. The summed E-state index contributed by atoms with van der Waals surface area (Å²) in [6.45, 7) is 0. The third-order valence-electron chi connectivity index (χ3n) is 2.72. The molecule has 0 bridgehead atoms. The molecule has 80 valence electrons. The van der Waals surface area contributed by atoms with Crippen LogP contribution in [0.5, 0.6) is 0 Å². The van der Waals surface area contributed by atoms with Crippen LogP contribution in [0, 0.1) is 5.92 Å². The molecule has 1 atom stereocenters. The van der Waals surface area contributed by atoms with Gasteiger partial charge in [-0.3, -0.25) is 4.79 Å². The van der Waals surface area contributed by atoms with Crippen molar-refractivity contribution in [1.82, 2.24) is 5.32 Å². The quantitative estimate of drug-likeness (QED) is 0.699. The molecule has 0 aromatic carbocycles. The fourth-order valence-electron chi connectivity index (χ4n) is 1.92. The molecule has 0 fully saturated rings. The summed E-state index contributed by atoms with van der Waals surface area (Å²) in [5.74, 6) is 1.07. The average Bonchev–Trinajstić information content (AvgIpc) is 2.60. The normalized spacial score (nSPS) is 27.8. The van der Waals surface area contributed by atoms with Crippen molar-refractivity contribution >= 4 is 5.91 Å². The van der Waals surface area contributed by atoms with Gasteiger partial charge in [0, 0.05) is 6.08 Å². The van der Waals surface area contributed by atoms with Gasteiger partial charge in [-0.25, -0.2) is 0 Å². The summed E-state index contributed by atoms with van der Waals surface area (Å²) in [6.07, 6.45) is 11.3. The molecular weight excluding hydrogens is 190 g/mol.